The number of carbonyl (C=O) groups excluding carboxylic acids is 1. The average molecular weight is 438 g/mol. The molecule has 7 heteroatoms. The molecule has 0 fully saturated rings. The summed E-state index contributed by atoms with van der Waals surface area (Å²) in [5, 5.41) is 6.04. The maximum Gasteiger partial charge on any atom is 0.241 e. The van der Waals surface area contributed by atoms with Gasteiger partial charge in [-0.15, -0.1) is 0 Å². The van der Waals surface area contributed by atoms with E-state index in [2.05, 4.69) is 15.1 Å². The van der Waals surface area contributed by atoms with Crippen LogP contribution in [0.2, 0.25) is 0 Å². The fraction of sp³-hybridized carbons (Fsp3) is 0.0400. The number of anilines is 2. The number of para-hydroxylation sites is 3. The van der Waals surface area contributed by atoms with Gasteiger partial charge in [0.25, 0.3) is 0 Å². The van der Waals surface area contributed by atoms with Gasteiger partial charge in [-0.05, 0) is 36.4 Å². The van der Waals surface area contributed by atoms with Crippen molar-refractivity contribution in [2.75, 3.05) is 10.7 Å². The van der Waals surface area contributed by atoms with E-state index in [1.54, 1.807) is 15.8 Å². The molecule has 0 aliphatic rings. The third kappa shape index (κ3) is 3.98. The first kappa shape index (κ1) is 20.0. The molecule has 32 heavy (non-hydrogen) atoms. The Hall–Kier alpha value is -3.97. The van der Waals surface area contributed by atoms with E-state index in [1.165, 1.54) is 18.1 Å². The van der Waals surface area contributed by atoms with Crippen molar-refractivity contribution >= 4 is 40.1 Å². The summed E-state index contributed by atoms with van der Waals surface area (Å²) < 4.78 is 1.78. The van der Waals surface area contributed by atoms with Gasteiger partial charge in [0.05, 0.1) is 23.0 Å². The minimum atomic E-state index is -0.0328. The molecule has 0 saturated carbocycles. The lowest BCUT2D eigenvalue weighted by molar-refractivity contribution is -0.115. The summed E-state index contributed by atoms with van der Waals surface area (Å²) in [6, 6.07) is 29.1. The Morgan fingerprint density at radius 2 is 1.41 bits per heavy atom. The SMILES string of the molecule is O=C(CSc1ncnc2c1cnn2-c1ccccc1)N(c1ccccc1)c1ccccc1. The van der Waals surface area contributed by atoms with E-state index >= 15 is 0 Å². The number of carbonyl (C=O) groups is 1. The second-order valence-electron chi connectivity index (χ2n) is 7.00. The first-order chi connectivity index (χ1) is 15.8. The number of hydrogen-bond acceptors (Lipinski definition) is 5. The highest BCUT2D eigenvalue weighted by atomic mass is 32.2. The second-order valence-corrected chi connectivity index (χ2v) is 7.96. The molecule has 5 aromatic rings. The number of rotatable bonds is 6. The van der Waals surface area contributed by atoms with Gasteiger partial charge in [0.15, 0.2) is 5.65 Å². The van der Waals surface area contributed by atoms with Crippen LogP contribution in [0.4, 0.5) is 11.4 Å². The number of fused-ring (bicyclic) bond motifs is 1. The number of thioether (sulfide) groups is 1. The van der Waals surface area contributed by atoms with Gasteiger partial charge in [-0.3, -0.25) is 9.69 Å². The van der Waals surface area contributed by atoms with Crippen molar-refractivity contribution in [3.8, 4) is 5.69 Å². The molecule has 1 amide bonds. The Labute approximate surface area is 189 Å². The minimum Gasteiger partial charge on any atom is -0.280 e. The molecule has 2 aromatic heterocycles. The number of nitrogens with zero attached hydrogens (tertiary/aromatic N) is 5. The van der Waals surface area contributed by atoms with Crippen LogP contribution in [0.25, 0.3) is 16.7 Å². The normalized spacial score (nSPS) is 10.9. The molecule has 5 rings (SSSR count). The molecule has 0 unspecified atom stereocenters. The molecule has 2 heterocycles. The predicted octanol–water partition coefficient (Wildman–Crippen LogP) is 5.27. The van der Waals surface area contributed by atoms with Gasteiger partial charge in [0, 0.05) is 11.4 Å². The van der Waals surface area contributed by atoms with Crippen molar-refractivity contribution in [3.05, 3.63) is 104 Å². The number of amides is 1. The van der Waals surface area contributed by atoms with Gasteiger partial charge in [-0.2, -0.15) is 5.10 Å². The van der Waals surface area contributed by atoms with Crippen LogP contribution in [0, 0.1) is 0 Å². The van der Waals surface area contributed by atoms with Crippen molar-refractivity contribution in [2.45, 2.75) is 5.03 Å². The molecular formula is C25H19N5OS. The van der Waals surface area contributed by atoms with Gasteiger partial charge < -0.3 is 0 Å². The van der Waals surface area contributed by atoms with Crippen LogP contribution in [-0.4, -0.2) is 31.4 Å². The smallest absolute Gasteiger partial charge is 0.241 e. The van der Waals surface area contributed by atoms with E-state index in [1.807, 2.05) is 91.0 Å². The first-order valence-electron chi connectivity index (χ1n) is 10.1. The van der Waals surface area contributed by atoms with Crippen molar-refractivity contribution in [1.82, 2.24) is 19.7 Å². The van der Waals surface area contributed by atoms with E-state index in [9.17, 15) is 4.79 Å². The summed E-state index contributed by atoms with van der Waals surface area (Å²) in [6.45, 7) is 0. The molecular weight excluding hydrogens is 418 g/mol. The Balaban J connectivity index is 1.42. The Kier molecular flexibility index (Phi) is 5.63. The third-order valence-electron chi connectivity index (χ3n) is 4.94. The van der Waals surface area contributed by atoms with Gasteiger partial charge in [-0.25, -0.2) is 14.6 Å². The number of benzene rings is 3. The predicted molar refractivity (Wildman–Crippen MR) is 127 cm³/mol. The summed E-state index contributed by atoms with van der Waals surface area (Å²) in [7, 11) is 0. The number of hydrogen-bond donors (Lipinski definition) is 0. The van der Waals surface area contributed by atoms with E-state index in [0.29, 0.717) is 5.65 Å². The third-order valence-corrected chi connectivity index (χ3v) is 5.93. The van der Waals surface area contributed by atoms with E-state index in [-0.39, 0.29) is 11.7 Å². The summed E-state index contributed by atoms with van der Waals surface area (Å²) >= 11 is 1.39. The molecule has 0 radical (unpaired) electrons. The molecule has 0 aliphatic heterocycles. The zero-order valence-electron chi connectivity index (χ0n) is 17.1. The van der Waals surface area contributed by atoms with Gasteiger partial charge in [-0.1, -0.05) is 66.4 Å². The Bertz CT molecular complexity index is 1300. The molecule has 6 nitrogen and oxygen atoms in total. The van der Waals surface area contributed by atoms with Crippen LogP contribution < -0.4 is 4.90 Å². The maximum atomic E-state index is 13.3. The lowest BCUT2D eigenvalue weighted by Gasteiger charge is -2.23. The van der Waals surface area contributed by atoms with Crippen LogP contribution >= 0.6 is 11.8 Å². The summed E-state index contributed by atoms with van der Waals surface area (Å²) in [5.74, 6) is 0.196. The zero-order valence-corrected chi connectivity index (χ0v) is 17.9. The lowest BCUT2D eigenvalue weighted by Crippen LogP contribution is -2.27. The molecule has 156 valence electrons. The fourth-order valence-electron chi connectivity index (χ4n) is 3.48. The van der Waals surface area contributed by atoms with Crippen molar-refractivity contribution in [1.29, 1.82) is 0 Å². The molecule has 0 N–H and O–H groups in total. The summed E-state index contributed by atoms with van der Waals surface area (Å²) in [5.41, 5.74) is 3.29. The lowest BCUT2D eigenvalue weighted by atomic mass is 10.2. The quantitative estimate of drug-likeness (QED) is 0.267. The topological polar surface area (TPSA) is 63.9 Å². The minimum absolute atomic E-state index is 0.0328. The number of aromatic nitrogens is 4. The Morgan fingerprint density at radius 1 is 0.812 bits per heavy atom. The van der Waals surface area contributed by atoms with Crippen LogP contribution in [-0.2, 0) is 4.79 Å². The zero-order chi connectivity index (χ0) is 21.8. The van der Waals surface area contributed by atoms with Crippen LogP contribution in [0.3, 0.4) is 0 Å². The Morgan fingerprint density at radius 3 is 2.03 bits per heavy atom. The molecule has 0 bridgehead atoms. The standard InChI is InChI=1S/C25H19N5OS/c31-23(29(19-10-4-1-5-11-19)20-12-6-2-7-13-20)17-32-25-22-16-28-30(24(22)26-18-27-25)21-14-8-3-9-15-21/h1-16,18H,17H2. The van der Waals surface area contributed by atoms with Crippen LogP contribution in [0.1, 0.15) is 0 Å². The van der Waals surface area contributed by atoms with Crippen molar-refractivity contribution in [2.24, 2.45) is 0 Å². The molecule has 3 aromatic carbocycles. The monoisotopic (exact) mass is 437 g/mol. The summed E-state index contributed by atoms with van der Waals surface area (Å²) in [6.07, 6.45) is 3.27. The van der Waals surface area contributed by atoms with Crippen LogP contribution in [0.15, 0.2) is 109 Å². The van der Waals surface area contributed by atoms with Gasteiger partial charge >= 0.3 is 0 Å². The highest BCUT2D eigenvalue weighted by Crippen LogP contribution is 2.29. The van der Waals surface area contributed by atoms with Crippen molar-refractivity contribution < 1.29 is 4.79 Å². The highest BCUT2D eigenvalue weighted by Gasteiger charge is 2.19. The van der Waals surface area contributed by atoms with E-state index in [0.717, 1.165) is 27.5 Å². The van der Waals surface area contributed by atoms with E-state index < -0.39 is 0 Å². The molecule has 0 atom stereocenters. The largest absolute Gasteiger partial charge is 0.280 e. The first-order valence-corrected chi connectivity index (χ1v) is 11.1. The van der Waals surface area contributed by atoms with Gasteiger partial charge in [0.1, 0.15) is 11.4 Å². The average Bonchev–Trinajstić information content (AvgIpc) is 3.30. The fourth-order valence-corrected chi connectivity index (χ4v) is 4.29. The maximum absolute atomic E-state index is 13.3. The van der Waals surface area contributed by atoms with Crippen molar-refractivity contribution in [3.63, 3.8) is 0 Å². The molecule has 0 saturated heterocycles. The van der Waals surface area contributed by atoms with Gasteiger partial charge in [0.2, 0.25) is 5.91 Å². The summed E-state index contributed by atoms with van der Waals surface area (Å²) in [4.78, 5) is 23.9. The molecule has 0 aliphatic carbocycles. The second kappa shape index (κ2) is 9.03. The molecule has 0 spiro atoms. The van der Waals surface area contributed by atoms with E-state index in [4.69, 9.17) is 0 Å². The highest BCUT2D eigenvalue weighted by molar-refractivity contribution is 8.00. The van der Waals surface area contributed by atoms with Crippen LogP contribution in [0.5, 0.6) is 0 Å².